The lowest BCUT2D eigenvalue weighted by atomic mass is 10.3. The highest BCUT2D eigenvalue weighted by atomic mass is 32.1. The molecule has 3 aromatic heterocycles. The molecule has 122 valence electrons. The van der Waals surface area contributed by atoms with Crippen LogP contribution in [-0.2, 0) is 7.05 Å². The number of aromatic amines is 1. The Morgan fingerprint density at radius 2 is 2.26 bits per heavy atom. The summed E-state index contributed by atoms with van der Waals surface area (Å²) in [5.74, 6) is 0.607. The molecule has 3 rings (SSSR count). The van der Waals surface area contributed by atoms with Crippen LogP contribution in [0.3, 0.4) is 0 Å². The van der Waals surface area contributed by atoms with Crippen molar-refractivity contribution in [3.63, 3.8) is 0 Å². The van der Waals surface area contributed by atoms with Crippen LogP contribution < -0.4 is 10.9 Å². The minimum absolute atomic E-state index is 0.0270. The average Bonchev–Trinajstić information content (AvgIpc) is 3.16. The normalized spacial score (nSPS) is 11.5. The smallest absolute Gasteiger partial charge is 0.272 e. The first-order valence-electron chi connectivity index (χ1n) is 7.45. The van der Waals surface area contributed by atoms with Gasteiger partial charge in [0.2, 0.25) is 5.95 Å². The van der Waals surface area contributed by atoms with Gasteiger partial charge in [0.25, 0.3) is 5.56 Å². The van der Waals surface area contributed by atoms with Crippen molar-refractivity contribution >= 4 is 27.5 Å². The highest BCUT2D eigenvalue weighted by Gasteiger charge is 2.13. The van der Waals surface area contributed by atoms with Crippen molar-refractivity contribution in [3.05, 3.63) is 28.7 Å². The molecule has 0 aliphatic rings. The van der Waals surface area contributed by atoms with Crippen molar-refractivity contribution in [3.8, 4) is 10.6 Å². The molecule has 0 atom stereocenters. The molecule has 0 aliphatic heterocycles. The number of fused-ring (bicyclic) bond motifs is 1. The van der Waals surface area contributed by atoms with Crippen LogP contribution in [0.5, 0.6) is 0 Å². The Morgan fingerprint density at radius 1 is 1.43 bits per heavy atom. The summed E-state index contributed by atoms with van der Waals surface area (Å²) in [7, 11) is 5.84. The maximum absolute atomic E-state index is 12.5. The van der Waals surface area contributed by atoms with Gasteiger partial charge in [-0.15, -0.1) is 11.3 Å². The number of hydrogen-bond acceptors (Lipinski definition) is 6. The Hall–Kier alpha value is -2.19. The average molecular weight is 332 g/mol. The third-order valence-electron chi connectivity index (χ3n) is 3.59. The van der Waals surface area contributed by atoms with Gasteiger partial charge in [0.05, 0.1) is 16.1 Å². The minimum atomic E-state index is -0.0270. The number of nitrogens with zero attached hydrogens (tertiary/aromatic N) is 4. The zero-order valence-electron chi connectivity index (χ0n) is 13.5. The van der Waals surface area contributed by atoms with Crippen LogP contribution in [-0.4, -0.2) is 51.8 Å². The van der Waals surface area contributed by atoms with E-state index in [-0.39, 0.29) is 5.56 Å². The lowest BCUT2D eigenvalue weighted by molar-refractivity contribution is 0.405. The van der Waals surface area contributed by atoms with Gasteiger partial charge in [0, 0.05) is 19.8 Å². The topological polar surface area (TPSA) is 78.8 Å². The molecule has 0 amide bonds. The first-order chi connectivity index (χ1) is 11.1. The van der Waals surface area contributed by atoms with E-state index in [4.69, 9.17) is 0 Å². The lowest BCUT2D eigenvalue weighted by Crippen LogP contribution is -2.23. The fourth-order valence-electron chi connectivity index (χ4n) is 2.33. The Morgan fingerprint density at radius 3 is 2.96 bits per heavy atom. The molecule has 2 N–H and O–H groups in total. The monoisotopic (exact) mass is 332 g/mol. The highest BCUT2D eigenvalue weighted by molar-refractivity contribution is 7.22. The fraction of sp³-hybridized carbons (Fsp3) is 0.400. The van der Waals surface area contributed by atoms with Crippen LogP contribution in [0.25, 0.3) is 20.8 Å². The van der Waals surface area contributed by atoms with Gasteiger partial charge in [-0.05, 0) is 39.2 Å². The second kappa shape index (κ2) is 6.51. The first kappa shape index (κ1) is 15.7. The molecule has 7 nitrogen and oxygen atoms in total. The van der Waals surface area contributed by atoms with Crippen LogP contribution in [0.2, 0.25) is 0 Å². The molecule has 0 aliphatic carbocycles. The molecule has 0 bridgehead atoms. The molecule has 0 spiro atoms. The van der Waals surface area contributed by atoms with Crippen LogP contribution in [0, 0.1) is 0 Å². The predicted molar refractivity (Wildman–Crippen MR) is 94.1 cm³/mol. The summed E-state index contributed by atoms with van der Waals surface area (Å²) in [6.45, 7) is 1.77. The summed E-state index contributed by atoms with van der Waals surface area (Å²) in [6.07, 6.45) is 2.69. The van der Waals surface area contributed by atoms with Gasteiger partial charge >= 0.3 is 0 Å². The second-order valence-corrected chi connectivity index (χ2v) is 6.73. The maximum atomic E-state index is 12.5. The fourth-order valence-corrected chi connectivity index (χ4v) is 3.38. The van der Waals surface area contributed by atoms with Gasteiger partial charge in [-0.25, -0.2) is 4.98 Å². The molecule has 3 heterocycles. The number of aromatic nitrogens is 4. The SMILES string of the molecule is CN(C)CCCNc1nc2cc(-c3ccn[nH]3)sc2c(=O)n1C. The van der Waals surface area contributed by atoms with E-state index in [1.54, 1.807) is 17.8 Å². The summed E-state index contributed by atoms with van der Waals surface area (Å²) in [5, 5.41) is 10.1. The van der Waals surface area contributed by atoms with E-state index in [1.165, 1.54) is 11.3 Å². The number of rotatable bonds is 6. The summed E-state index contributed by atoms with van der Waals surface area (Å²) >= 11 is 1.44. The Balaban J connectivity index is 1.88. The molecule has 0 unspecified atom stereocenters. The number of H-pyrrole nitrogens is 1. The Bertz CT molecular complexity index is 849. The standard InChI is InChI=1S/C15H20N6OS/c1-20(2)8-4-6-16-15-18-11-9-12(10-5-7-17-19-10)23-13(11)14(22)21(15)3/h5,7,9H,4,6,8H2,1-3H3,(H,16,18)(H,17,19). The van der Waals surface area contributed by atoms with Crippen molar-refractivity contribution in [1.29, 1.82) is 0 Å². The quantitative estimate of drug-likeness (QED) is 0.672. The summed E-state index contributed by atoms with van der Waals surface area (Å²) in [4.78, 5) is 20.2. The maximum Gasteiger partial charge on any atom is 0.272 e. The van der Waals surface area contributed by atoms with Gasteiger partial charge in [0.15, 0.2) is 0 Å². The molecule has 0 fully saturated rings. The van der Waals surface area contributed by atoms with Gasteiger partial charge in [-0.3, -0.25) is 14.5 Å². The van der Waals surface area contributed by atoms with E-state index >= 15 is 0 Å². The molecule has 0 aromatic carbocycles. The first-order valence-corrected chi connectivity index (χ1v) is 8.27. The van der Waals surface area contributed by atoms with Crippen LogP contribution >= 0.6 is 11.3 Å². The number of hydrogen-bond donors (Lipinski definition) is 2. The third kappa shape index (κ3) is 3.27. The van der Waals surface area contributed by atoms with E-state index in [0.717, 1.165) is 35.6 Å². The van der Waals surface area contributed by atoms with Gasteiger partial charge in [-0.2, -0.15) is 5.10 Å². The minimum Gasteiger partial charge on any atom is -0.356 e. The number of nitrogens with one attached hydrogen (secondary N) is 2. The van der Waals surface area contributed by atoms with Crippen LogP contribution in [0.4, 0.5) is 5.95 Å². The lowest BCUT2D eigenvalue weighted by Gasteiger charge is -2.12. The largest absolute Gasteiger partial charge is 0.356 e. The number of thiophene rings is 1. The van der Waals surface area contributed by atoms with Crippen LogP contribution in [0.1, 0.15) is 6.42 Å². The zero-order valence-corrected chi connectivity index (χ0v) is 14.3. The zero-order chi connectivity index (χ0) is 16.4. The molecule has 8 heteroatoms. The summed E-state index contributed by atoms with van der Waals surface area (Å²) in [6, 6.07) is 3.81. The van der Waals surface area contributed by atoms with Crippen molar-refractivity contribution in [2.75, 3.05) is 32.5 Å². The van der Waals surface area contributed by atoms with Crippen molar-refractivity contribution in [1.82, 2.24) is 24.6 Å². The van der Waals surface area contributed by atoms with Gasteiger partial charge in [0.1, 0.15) is 4.70 Å². The van der Waals surface area contributed by atoms with Crippen molar-refractivity contribution in [2.45, 2.75) is 6.42 Å². The highest BCUT2D eigenvalue weighted by Crippen LogP contribution is 2.29. The molecule has 0 saturated carbocycles. The summed E-state index contributed by atoms with van der Waals surface area (Å²) < 4.78 is 2.24. The van der Waals surface area contributed by atoms with E-state index in [2.05, 4.69) is 25.4 Å². The van der Waals surface area contributed by atoms with Crippen molar-refractivity contribution < 1.29 is 0 Å². The molecule has 23 heavy (non-hydrogen) atoms. The molecule has 3 aromatic rings. The van der Waals surface area contributed by atoms with Gasteiger partial charge < -0.3 is 10.2 Å². The predicted octanol–water partition coefficient (Wildman–Crippen LogP) is 1.75. The van der Waals surface area contributed by atoms with Gasteiger partial charge in [-0.1, -0.05) is 0 Å². The Kier molecular flexibility index (Phi) is 4.44. The molecule has 0 saturated heterocycles. The van der Waals surface area contributed by atoms with Crippen LogP contribution in [0.15, 0.2) is 23.1 Å². The molecular weight excluding hydrogens is 312 g/mol. The summed E-state index contributed by atoms with van der Waals surface area (Å²) in [5.41, 5.74) is 1.59. The number of anilines is 1. The molecular formula is C15H20N6OS. The third-order valence-corrected chi connectivity index (χ3v) is 4.73. The van der Waals surface area contributed by atoms with Crippen molar-refractivity contribution in [2.24, 2.45) is 7.05 Å². The molecule has 0 radical (unpaired) electrons. The second-order valence-electron chi connectivity index (χ2n) is 5.68. The van der Waals surface area contributed by atoms with E-state index < -0.39 is 0 Å². The van der Waals surface area contributed by atoms with E-state index in [0.29, 0.717) is 10.6 Å². The Labute approximate surface area is 138 Å². The van der Waals surface area contributed by atoms with E-state index in [9.17, 15) is 4.79 Å². The van der Waals surface area contributed by atoms with E-state index in [1.807, 2.05) is 26.2 Å².